The number of amides is 2. The molecule has 0 saturated carbocycles. The third-order valence-corrected chi connectivity index (χ3v) is 5.55. The molecule has 3 aromatic carbocycles. The van der Waals surface area contributed by atoms with Crippen molar-refractivity contribution in [2.24, 2.45) is 0 Å². The summed E-state index contributed by atoms with van der Waals surface area (Å²) in [6.45, 7) is 6.00. The highest BCUT2D eigenvalue weighted by molar-refractivity contribution is 6.05. The Morgan fingerprint density at radius 2 is 1.55 bits per heavy atom. The monoisotopic (exact) mass is 445 g/mol. The van der Waals surface area contributed by atoms with Crippen molar-refractivity contribution < 1.29 is 14.3 Å². The summed E-state index contributed by atoms with van der Waals surface area (Å²) in [4.78, 5) is 25.2. The van der Waals surface area contributed by atoms with E-state index in [1.807, 2.05) is 26.0 Å². The maximum absolute atomic E-state index is 12.6. The molecule has 2 unspecified atom stereocenters. The third-order valence-electron chi connectivity index (χ3n) is 5.55. The van der Waals surface area contributed by atoms with Crippen LogP contribution in [0.1, 0.15) is 48.3 Å². The number of rotatable bonds is 9. The van der Waals surface area contributed by atoms with E-state index in [-0.39, 0.29) is 23.9 Å². The predicted octanol–water partition coefficient (Wildman–Crippen LogP) is 5.19. The fourth-order valence-electron chi connectivity index (χ4n) is 3.49. The summed E-state index contributed by atoms with van der Waals surface area (Å²) in [5, 5.41) is 9.07. The molecule has 0 heterocycles. The second-order valence-corrected chi connectivity index (χ2v) is 7.93. The van der Waals surface area contributed by atoms with Crippen LogP contribution in [0.4, 0.5) is 11.4 Å². The molecule has 3 N–H and O–H groups in total. The molecule has 0 bridgehead atoms. The lowest BCUT2D eigenvalue weighted by molar-refractivity contribution is -0.117. The molecule has 2 atom stereocenters. The first-order chi connectivity index (χ1) is 15.9. The molecule has 6 heteroatoms. The van der Waals surface area contributed by atoms with Crippen LogP contribution in [0.3, 0.4) is 0 Å². The van der Waals surface area contributed by atoms with Gasteiger partial charge in [0.05, 0.1) is 18.8 Å². The van der Waals surface area contributed by atoms with Gasteiger partial charge in [0.1, 0.15) is 5.75 Å². The summed E-state index contributed by atoms with van der Waals surface area (Å²) in [5.74, 6) is 0.195. The molecule has 6 nitrogen and oxygen atoms in total. The van der Waals surface area contributed by atoms with E-state index in [1.165, 1.54) is 5.56 Å². The van der Waals surface area contributed by atoms with E-state index in [9.17, 15) is 9.59 Å². The number of aryl methyl sites for hydroxylation is 1. The van der Waals surface area contributed by atoms with E-state index < -0.39 is 0 Å². The lowest BCUT2D eigenvalue weighted by atomic mass is 10.0. The molecule has 3 rings (SSSR count). The summed E-state index contributed by atoms with van der Waals surface area (Å²) in [7, 11) is 1.56. The number of hydrogen-bond donors (Lipinski definition) is 3. The summed E-state index contributed by atoms with van der Waals surface area (Å²) in [5.41, 5.74) is 4.13. The molecule has 0 aliphatic carbocycles. The van der Waals surface area contributed by atoms with E-state index in [4.69, 9.17) is 4.74 Å². The Labute approximate surface area is 195 Å². The Morgan fingerprint density at radius 1 is 0.879 bits per heavy atom. The lowest BCUT2D eigenvalue weighted by Gasteiger charge is -2.20. The van der Waals surface area contributed by atoms with Gasteiger partial charge in [0.25, 0.3) is 5.91 Å². The van der Waals surface area contributed by atoms with Gasteiger partial charge >= 0.3 is 0 Å². The second kappa shape index (κ2) is 11.3. The number of anilines is 2. The average Bonchev–Trinajstić information content (AvgIpc) is 2.84. The molecule has 0 fully saturated rings. The normalized spacial score (nSPS) is 12.5. The fraction of sp³-hybridized carbons (Fsp3) is 0.259. The van der Waals surface area contributed by atoms with Gasteiger partial charge in [0.2, 0.25) is 5.91 Å². The summed E-state index contributed by atoms with van der Waals surface area (Å²) in [6.07, 6.45) is 1.00. The molecule has 33 heavy (non-hydrogen) atoms. The van der Waals surface area contributed by atoms with Gasteiger partial charge in [0.15, 0.2) is 0 Å². The van der Waals surface area contributed by atoms with Gasteiger partial charge < -0.3 is 15.4 Å². The molecule has 0 spiro atoms. The number of methoxy groups -OCH3 is 1. The molecule has 0 aliphatic heterocycles. The minimum atomic E-state index is -0.389. The molecular weight excluding hydrogens is 414 g/mol. The maximum Gasteiger partial charge on any atom is 0.255 e. The van der Waals surface area contributed by atoms with Crippen LogP contribution in [0.2, 0.25) is 0 Å². The van der Waals surface area contributed by atoms with Gasteiger partial charge in [-0.2, -0.15) is 0 Å². The molecule has 3 aromatic rings. The topological polar surface area (TPSA) is 79.5 Å². The molecule has 2 amide bonds. The second-order valence-electron chi connectivity index (χ2n) is 7.93. The zero-order valence-electron chi connectivity index (χ0n) is 19.5. The Bertz CT molecular complexity index is 1080. The predicted molar refractivity (Wildman–Crippen MR) is 133 cm³/mol. The smallest absolute Gasteiger partial charge is 0.255 e. The van der Waals surface area contributed by atoms with Crippen LogP contribution in [-0.2, 0) is 11.2 Å². The largest absolute Gasteiger partial charge is 0.495 e. The number of para-hydroxylation sites is 2. The number of benzene rings is 3. The maximum atomic E-state index is 12.6. The van der Waals surface area contributed by atoms with Crippen LogP contribution in [0.25, 0.3) is 0 Å². The summed E-state index contributed by atoms with van der Waals surface area (Å²) in [6, 6.07) is 22.1. The molecule has 172 valence electrons. The van der Waals surface area contributed by atoms with Crippen LogP contribution in [0, 0.1) is 0 Å². The van der Waals surface area contributed by atoms with Crippen LogP contribution in [0.15, 0.2) is 72.8 Å². The van der Waals surface area contributed by atoms with Crippen molar-refractivity contribution in [1.82, 2.24) is 5.32 Å². The van der Waals surface area contributed by atoms with Crippen molar-refractivity contribution >= 4 is 23.2 Å². The number of nitrogens with one attached hydrogen (secondary N) is 3. The van der Waals surface area contributed by atoms with Gasteiger partial charge in [-0.05, 0) is 67.8 Å². The minimum Gasteiger partial charge on any atom is -0.495 e. The van der Waals surface area contributed by atoms with Gasteiger partial charge in [0, 0.05) is 17.3 Å². The van der Waals surface area contributed by atoms with Gasteiger partial charge in [-0.1, -0.05) is 43.3 Å². The zero-order chi connectivity index (χ0) is 23.8. The van der Waals surface area contributed by atoms with Crippen molar-refractivity contribution in [1.29, 1.82) is 0 Å². The Balaban J connectivity index is 1.55. The highest BCUT2D eigenvalue weighted by Gasteiger charge is 2.17. The van der Waals surface area contributed by atoms with E-state index in [0.717, 1.165) is 12.0 Å². The fourth-order valence-corrected chi connectivity index (χ4v) is 3.49. The van der Waals surface area contributed by atoms with Crippen LogP contribution >= 0.6 is 0 Å². The molecule has 0 radical (unpaired) electrons. The molecule has 0 saturated heterocycles. The number of carbonyl (C=O) groups excluding carboxylic acids is 2. The first-order valence-electron chi connectivity index (χ1n) is 11.1. The zero-order valence-corrected chi connectivity index (χ0v) is 19.5. The molecular formula is C27H31N3O3. The van der Waals surface area contributed by atoms with E-state index in [1.54, 1.807) is 43.5 Å². The Morgan fingerprint density at radius 3 is 2.18 bits per heavy atom. The molecule has 0 aromatic heterocycles. The Kier molecular flexibility index (Phi) is 8.22. The van der Waals surface area contributed by atoms with Gasteiger partial charge in [-0.25, -0.2) is 0 Å². The SMILES string of the molecule is CCc1ccc(C(C)NC(C)C(=O)Nc2ccc(C(=O)Nc3ccccc3OC)cc2)cc1. The van der Waals surface area contributed by atoms with Crippen LogP contribution in [-0.4, -0.2) is 25.0 Å². The van der Waals surface area contributed by atoms with E-state index in [2.05, 4.69) is 47.1 Å². The molecule has 0 aliphatic rings. The van der Waals surface area contributed by atoms with Gasteiger partial charge in [-0.15, -0.1) is 0 Å². The van der Waals surface area contributed by atoms with Gasteiger partial charge in [-0.3, -0.25) is 14.9 Å². The van der Waals surface area contributed by atoms with Crippen molar-refractivity contribution in [3.63, 3.8) is 0 Å². The van der Waals surface area contributed by atoms with Crippen molar-refractivity contribution in [2.75, 3.05) is 17.7 Å². The Hall–Kier alpha value is -3.64. The summed E-state index contributed by atoms with van der Waals surface area (Å²) >= 11 is 0. The number of ether oxygens (including phenoxy) is 1. The van der Waals surface area contributed by atoms with Crippen LogP contribution in [0.5, 0.6) is 5.75 Å². The average molecular weight is 446 g/mol. The van der Waals surface area contributed by atoms with E-state index >= 15 is 0 Å². The highest BCUT2D eigenvalue weighted by Crippen LogP contribution is 2.24. The third kappa shape index (κ3) is 6.43. The van der Waals surface area contributed by atoms with Crippen molar-refractivity contribution in [2.45, 2.75) is 39.3 Å². The number of carbonyl (C=O) groups is 2. The quantitative estimate of drug-likeness (QED) is 0.424. The highest BCUT2D eigenvalue weighted by atomic mass is 16.5. The van der Waals surface area contributed by atoms with E-state index in [0.29, 0.717) is 22.7 Å². The van der Waals surface area contributed by atoms with Crippen molar-refractivity contribution in [3.8, 4) is 5.75 Å². The first-order valence-corrected chi connectivity index (χ1v) is 11.1. The first kappa shape index (κ1) is 24.0. The number of hydrogen-bond acceptors (Lipinski definition) is 4. The lowest BCUT2D eigenvalue weighted by Crippen LogP contribution is -2.39. The summed E-state index contributed by atoms with van der Waals surface area (Å²) < 4.78 is 5.27. The minimum absolute atomic E-state index is 0.0395. The van der Waals surface area contributed by atoms with Crippen LogP contribution < -0.4 is 20.7 Å². The standard InChI is InChI=1S/C27H31N3O3/c1-5-20-10-12-21(13-11-20)18(2)28-19(3)26(31)29-23-16-14-22(15-17-23)27(32)30-24-8-6-7-9-25(24)33-4/h6-19,28H,5H2,1-4H3,(H,29,31)(H,30,32). The van der Waals surface area contributed by atoms with Crippen molar-refractivity contribution in [3.05, 3.63) is 89.5 Å².